The zero-order chi connectivity index (χ0) is 50.0. The molecule has 0 bridgehead atoms. The molecule has 7 heterocycles. The summed E-state index contributed by atoms with van der Waals surface area (Å²) in [6.45, 7) is 8.48. The Labute approximate surface area is 405 Å². The lowest BCUT2D eigenvalue weighted by Crippen LogP contribution is -2.38. The Morgan fingerprint density at radius 2 is 1.01 bits per heavy atom. The Morgan fingerprint density at radius 3 is 1.41 bits per heavy atom. The van der Waals surface area contributed by atoms with Crippen LogP contribution in [0.2, 0.25) is 15.2 Å². The molecule has 2 aromatic carbocycles. The van der Waals surface area contributed by atoms with E-state index in [0.717, 1.165) is 17.8 Å². The van der Waals surface area contributed by atoms with Crippen molar-refractivity contribution < 1.29 is 36.6 Å². The van der Waals surface area contributed by atoms with Crippen molar-refractivity contribution in [2.75, 3.05) is 18.0 Å². The zero-order valence-corrected chi connectivity index (χ0v) is 39.9. The van der Waals surface area contributed by atoms with E-state index in [2.05, 4.69) is 40.6 Å². The highest BCUT2D eigenvalue weighted by atomic mass is 35.5. The fourth-order valence-corrected chi connectivity index (χ4v) is 9.60. The van der Waals surface area contributed by atoms with Gasteiger partial charge in [0.2, 0.25) is 0 Å². The van der Waals surface area contributed by atoms with Crippen LogP contribution >= 0.6 is 34.8 Å². The number of halogens is 9. The number of alkyl halides is 6. The van der Waals surface area contributed by atoms with Crippen LogP contribution in [0, 0.1) is 27.7 Å². The van der Waals surface area contributed by atoms with Crippen molar-refractivity contribution in [2.45, 2.75) is 70.5 Å². The molecule has 2 atom stereocenters. The monoisotopic (exact) mass is 1010 g/mol. The number of nitrogens with zero attached hydrogens (tertiary/aromatic N) is 11. The molecule has 13 nitrogen and oxygen atoms in total. The van der Waals surface area contributed by atoms with E-state index in [9.17, 15) is 36.6 Å². The standard InChI is InChI=1S/C25H24ClF3N6O.C22H18Cl2F3N5O/c1-14-5-7-19(15(2)31-14)25(36,21-13-30-33-34(21)3)16-6-8-20-17(11-16)22(26)18(12-24(27,28)29)23(32-20)35-9-4-10-35;1-11-4-6-16(12(2)29-11)22(33,18-10-28-31-32(18)3)13-5-7-17-14(8-13)19(23)15(20(24)30-17)9-21(25,26)27/h5-8,11,13,36H,4,9-10,12H2,1-3H3;4-8,10,33H,9H2,1-3H3. The van der Waals surface area contributed by atoms with E-state index in [4.69, 9.17) is 34.8 Å². The predicted octanol–water partition coefficient (Wildman–Crippen LogP) is 9.70. The zero-order valence-electron chi connectivity index (χ0n) is 37.7. The van der Waals surface area contributed by atoms with Gasteiger partial charge in [-0.3, -0.25) is 9.97 Å². The van der Waals surface area contributed by atoms with E-state index >= 15 is 0 Å². The number of rotatable bonds is 9. The van der Waals surface area contributed by atoms with Crippen LogP contribution in [0.1, 0.15) is 74.0 Å². The highest BCUT2D eigenvalue weighted by Crippen LogP contribution is 2.44. The second kappa shape index (κ2) is 18.4. The van der Waals surface area contributed by atoms with Crippen LogP contribution in [0.3, 0.4) is 0 Å². The summed E-state index contributed by atoms with van der Waals surface area (Å²) >= 11 is 19.0. The molecule has 0 aliphatic carbocycles. The van der Waals surface area contributed by atoms with Gasteiger partial charge in [0.05, 0.1) is 57.7 Å². The molecule has 22 heteroatoms. The highest BCUT2D eigenvalue weighted by Gasteiger charge is 2.42. The number of hydrogen-bond acceptors (Lipinski definition) is 11. The van der Waals surface area contributed by atoms with Crippen molar-refractivity contribution >= 4 is 62.4 Å². The molecule has 1 fully saturated rings. The third-order valence-corrected chi connectivity index (χ3v) is 13.3. The Bertz CT molecular complexity index is 3270. The molecule has 9 rings (SSSR count). The first-order chi connectivity index (χ1) is 32.4. The Balaban J connectivity index is 0.000000187. The molecule has 2 unspecified atom stereocenters. The van der Waals surface area contributed by atoms with Gasteiger partial charge in [-0.25, -0.2) is 19.3 Å². The van der Waals surface area contributed by atoms with Gasteiger partial charge in [-0.2, -0.15) is 26.3 Å². The number of pyridine rings is 4. The second-order valence-electron chi connectivity index (χ2n) is 16.9. The predicted molar refractivity (Wildman–Crippen MR) is 248 cm³/mol. The molecule has 6 aromatic heterocycles. The Hall–Kier alpha value is -5.99. The summed E-state index contributed by atoms with van der Waals surface area (Å²) in [6.07, 6.45) is -7.74. The van der Waals surface area contributed by atoms with E-state index in [-0.39, 0.29) is 37.5 Å². The number of benzene rings is 2. The van der Waals surface area contributed by atoms with Crippen LogP contribution < -0.4 is 4.90 Å². The molecule has 69 heavy (non-hydrogen) atoms. The first-order valence-electron chi connectivity index (χ1n) is 21.2. The fraction of sp³-hybridized carbons (Fsp3) is 0.319. The molecule has 0 saturated carbocycles. The average molecular weight is 1010 g/mol. The minimum atomic E-state index is -4.52. The van der Waals surface area contributed by atoms with Crippen molar-refractivity contribution in [3.63, 3.8) is 0 Å². The molecule has 360 valence electrons. The summed E-state index contributed by atoms with van der Waals surface area (Å²) in [5.74, 6) is 0.258. The smallest absolute Gasteiger partial charge is 0.374 e. The number of fused-ring (bicyclic) bond motifs is 2. The topological polar surface area (TPSA) is 157 Å². The van der Waals surface area contributed by atoms with Gasteiger partial charge in [0.1, 0.15) is 11.0 Å². The van der Waals surface area contributed by atoms with Crippen LogP contribution in [-0.4, -0.2) is 85.6 Å². The van der Waals surface area contributed by atoms with Gasteiger partial charge in [-0.15, -0.1) is 10.2 Å². The lowest BCUT2D eigenvalue weighted by molar-refractivity contribution is -0.128. The number of aromatic nitrogens is 10. The number of aryl methyl sites for hydroxylation is 6. The van der Waals surface area contributed by atoms with E-state index in [1.54, 1.807) is 87.4 Å². The fourth-order valence-electron chi connectivity index (χ4n) is 8.69. The number of anilines is 1. The van der Waals surface area contributed by atoms with Crippen LogP contribution in [0.4, 0.5) is 32.2 Å². The summed E-state index contributed by atoms with van der Waals surface area (Å²) in [5.41, 5.74) is 1.91. The normalized spacial score (nSPS) is 14.9. The molecular weight excluding hydrogens is 971 g/mol. The Kier molecular flexibility index (Phi) is 13.2. The molecule has 0 amide bonds. The van der Waals surface area contributed by atoms with Gasteiger partial charge in [-0.05, 0) is 81.6 Å². The SMILES string of the molecule is Cc1ccc(C(O)(c2ccc3nc(Cl)c(CC(F)(F)F)c(Cl)c3c2)c2cnnn2C)c(C)n1.Cc1ccc(C(O)(c2ccc3nc(N4CCC4)c(CC(F)(F)F)c(Cl)c3c2)c2cnnn2C)c(C)n1. The van der Waals surface area contributed by atoms with Gasteiger partial charge >= 0.3 is 12.4 Å². The van der Waals surface area contributed by atoms with Crippen molar-refractivity contribution in [1.82, 2.24) is 49.9 Å². The Morgan fingerprint density at radius 1 is 0.580 bits per heavy atom. The van der Waals surface area contributed by atoms with Gasteiger partial charge in [0, 0.05) is 83.0 Å². The molecule has 2 N–H and O–H groups in total. The molecule has 0 radical (unpaired) electrons. The van der Waals surface area contributed by atoms with Crippen LogP contribution in [0.15, 0.2) is 73.1 Å². The molecule has 8 aromatic rings. The molecule has 1 aliphatic rings. The van der Waals surface area contributed by atoms with Crippen molar-refractivity contribution in [2.24, 2.45) is 14.1 Å². The summed E-state index contributed by atoms with van der Waals surface area (Å²) in [4.78, 5) is 19.4. The molecule has 0 spiro atoms. The largest absolute Gasteiger partial charge is 0.393 e. The lowest BCUT2D eigenvalue weighted by Gasteiger charge is -2.34. The highest BCUT2D eigenvalue weighted by molar-refractivity contribution is 6.39. The number of aliphatic hydroxyl groups is 2. The molecular formula is C47H42Cl3F6N11O2. The van der Waals surface area contributed by atoms with Crippen LogP contribution in [-0.2, 0) is 38.1 Å². The maximum atomic E-state index is 13.5. The van der Waals surface area contributed by atoms with Crippen LogP contribution in [0.5, 0.6) is 0 Å². The van der Waals surface area contributed by atoms with E-state index < -0.39 is 36.4 Å². The molecule has 1 saturated heterocycles. The number of hydrogen-bond donors (Lipinski definition) is 2. The van der Waals surface area contributed by atoms with Crippen molar-refractivity contribution in [3.05, 3.63) is 156 Å². The molecule has 1 aliphatic heterocycles. The third kappa shape index (κ3) is 9.41. The summed E-state index contributed by atoms with van der Waals surface area (Å²) in [6, 6.07) is 16.7. The minimum absolute atomic E-state index is 0.0229. The van der Waals surface area contributed by atoms with Gasteiger partial charge < -0.3 is 15.1 Å². The lowest BCUT2D eigenvalue weighted by atomic mass is 9.82. The van der Waals surface area contributed by atoms with Crippen LogP contribution in [0.25, 0.3) is 21.8 Å². The summed E-state index contributed by atoms with van der Waals surface area (Å²) in [7, 11) is 3.28. The van der Waals surface area contributed by atoms with E-state index in [0.29, 0.717) is 74.5 Å². The first kappa shape index (κ1) is 49.4. The first-order valence-corrected chi connectivity index (χ1v) is 22.4. The average Bonchev–Trinajstić information content (AvgIpc) is 3.90. The second-order valence-corrected chi connectivity index (χ2v) is 18.0. The minimum Gasteiger partial charge on any atom is -0.374 e. The van der Waals surface area contributed by atoms with Gasteiger partial charge in [-0.1, -0.05) is 69.5 Å². The van der Waals surface area contributed by atoms with Crippen molar-refractivity contribution in [1.29, 1.82) is 0 Å². The van der Waals surface area contributed by atoms with E-state index in [1.165, 1.54) is 27.8 Å². The van der Waals surface area contributed by atoms with Crippen molar-refractivity contribution in [3.8, 4) is 0 Å². The maximum absolute atomic E-state index is 13.5. The quantitative estimate of drug-likeness (QED) is 0.105. The van der Waals surface area contributed by atoms with Gasteiger partial charge in [0.25, 0.3) is 0 Å². The third-order valence-electron chi connectivity index (χ3n) is 12.1. The van der Waals surface area contributed by atoms with E-state index in [1.807, 2.05) is 13.8 Å². The summed E-state index contributed by atoms with van der Waals surface area (Å²) in [5, 5.41) is 40.1. The maximum Gasteiger partial charge on any atom is 0.393 e. The summed E-state index contributed by atoms with van der Waals surface area (Å²) < 4.78 is 82.7. The van der Waals surface area contributed by atoms with Gasteiger partial charge in [0.15, 0.2) is 11.2 Å².